The highest BCUT2D eigenvalue weighted by molar-refractivity contribution is 5.73. The van der Waals surface area contributed by atoms with Crippen molar-refractivity contribution in [2.24, 2.45) is 11.8 Å². The summed E-state index contributed by atoms with van der Waals surface area (Å²) in [5.41, 5.74) is 0.955. The van der Waals surface area contributed by atoms with Crippen LogP contribution in [-0.2, 0) is 35.1 Å². The minimum atomic E-state index is -1.14. The van der Waals surface area contributed by atoms with Crippen molar-refractivity contribution in [3.8, 4) is 0 Å². The van der Waals surface area contributed by atoms with Crippen LogP contribution in [-0.4, -0.2) is 48.3 Å². The molecule has 0 aliphatic carbocycles. The first-order chi connectivity index (χ1) is 15.4. The Morgan fingerprint density at radius 3 is 2.19 bits per heavy atom. The van der Waals surface area contributed by atoms with Gasteiger partial charge in [-0.25, -0.2) is 0 Å². The van der Waals surface area contributed by atoms with Gasteiger partial charge >= 0.3 is 11.9 Å². The normalized spacial score (nSPS) is 23.3. The van der Waals surface area contributed by atoms with E-state index in [9.17, 15) is 14.7 Å². The SMILES string of the molecule is CCC(CC)C(=O)OC[C@H]1OC(O)C[C@@H](OC(=O)C(CC)CC)[C@@H]1OCc1ccccc1. The van der Waals surface area contributed by atoms with E-state index in [0.29, 0.717) is 25.7 Å². The molecule has 1 aromatic rings. The first-order valence-corrected chi connectivity index (χ1v) is 11.8. The highest BCUT2D eigenvalue weighted by Gasteiger charge is 2.42. The van der Waals surface area contributed by atoms with Crippen LogP contribution in [0.25, 0.3) is 0 Å². The molecule has 1 saturated heterocycles. The maximum absolute atomic E-state index is 12.7. The lowest BCUT2D eigenvalue weighted by Gasteiger charge is -2.39. The number of hydrogen-bond acceptors (Lipinski definition) is 7. The monoisotopic (exact) mass is 450 g/mol. The second kappa shape index (κ2) is 13.6. The van der Waals surface area contributed by atoms with Gasteiger partial charge in [-0.2, -0.15) is 0 Å². The standard InChI is InChI=1S/C25H38O7/c1-5-18(6-2)24(27)30-16-21-23(29-15-17-12-10-9-11-13-17)20(14-22(26)31-21)32-25(28)19(7-3)8-4/h9-13,18-23,26H,5-8,14-16H2,1-4H3/t20-,21-,22?,23+/m1/s1. The molecule has 1 fully saturated rings. The largest absolute Gasteiger partial charge is 0.463 e. The average molecular weight is 451 g/mol. The molecule has 0 saturated carbocycles. The number of carbonyl (C=O) groups excluding carboxylic acids is 2. The number of carbonyl (C=O) groups is 2. The van der Waals surface area contributed by atoms with Gasteiger partial charge in [0.1, 0.15) is 24.9 Å². The molecule has 1 aliphatic rings. The average Bonchev–Trinajstić information content (AvgIpc) is 2.79. The van der Waals surface area contributed by atoms with Gasteiger partial charge < -0.3 is 24.1 Å². The fourth-order valence-corrected chi connectivity index (χ4v) is 3.91. The number of aliphatic hydroxyl groups excluding tert-OH is 1. The molecular weight excluding hydrogens is 412 g/mol. The lowest BCUT2D eigenvalue weighted by Crippen LogP contribution is -2.53. The van der Waals surface area contributed by atoms with Gasteiger partial charge in [-0.1, -0.05) is 58.0 Å². The Labute approximate surface area is 191 Å². The minimum absolute atomic E-state index is 0.0785. The van der Waals surface area contributed by atoms with Crippen molar-refractivity contribution in [3.63, 3.8) is 0 Å². The maximum Gasteiger partial charge on any atom is 0.309 e. The third-order valence-electron chi connectivity index (χ3n) is 6.08. The van der Waals surface area contributed by atoms with Crippen molar-refractivity contribution >= 4 is 11.9 Å². The van der Waals surface area contributed by atoms with Crippen LogP contribution >= 0.6 is 0 Å². The molecule has 1 N–H and O–H groups in total. The quantitative estimate of drug-likeness (QED) is 0.481. The van der Waals surface area contributed by atoms with Crippen LogP contribution in [0.1, 0.15) is 65.4 Å². The molecule has 1 heterocycles. The lowest BCUT2D eigenvalue weighted by atomic mass is 9.99. The van der Waals surface area contributed by atoms with Crippen LogP contribution in [0.5, 0.6) is 0 Å². The molecule has 7 heteroatoms. The van der Waals surface area contributed by atoms with Crippen molar-refractivity contribution in [1.29, 1.82) is 0 Å². The number of esters is 2. The molecule has 1 aliphatic heterocycles. The van der Waals surface area contributed by atoms with E-state index < -0.39 is 24.6 Å². The first-order valence-electron chi connectivity index (χ1n) is 11.8. The van der Waals surface area contributed by atoms with Crippen molar-refractivity contribution in [3.05, 3.63) is 35.9 Å². The number of hydrogen-bond donors (Lipinski definition) is 1. The topological polar surface area (TPSA) is 91.3 Å². The summed E-state index contributed by atoms with van der Waals surface area (Å²) in [7, 11) is 0. The van der Waals surface area contributed by atoms with Crippen molar-refractivity contribution in [2.45, 2.75) is 91.0 Å². The fourth-order valence-electron chi connectivity index (χ4n) is 3.91. The Morgan fingerprint density at radius 1 is 1.00 bits per heavy atom. The Morgan fingerprint density at radius 2 is 1.59 bits per heavy atom. The third kappa shape index (κ3) is 7.57. The molecule has 0 amide bonds. The summed E-state index contributed by atoms with van der Waals surface area (Å²) in [6.07, 6.45) is -0.440. The molecule has 0 aromatic heterocycles. The second-order valence-corrected chi connectivity index (χ2v) is 8.26. The van der Waals surface area contributed by atoms with Gasteiger partial charge in [0.15, 0.2) is 6.29 Å². The molecule has 180 valence electrons. The van der Waals surface area contributed by atoms with Crippen LogP contribution in [0.2, 0.25) is 0 Å². The van der Waals surface area contributed by atoms with E-state index in [1.807, 2.05) is 58.0 Å². The van der Waals surface area contributed by atoms with Crippen molar-refractivity contribution < 1.29 is 33.6 Å². The second-order valence-electron chi connectivity index (χ2n) is 8.26. The lowest BCUT2D eigenvalue weighted by molar-refractivity contribution is -0.260. The van der Waals surface area contributed by atoms with E-state index in [1.54, 1.807) is 0 Å². The van der Waals surface area contributed by atoms with E-state index in [1.165, 1.54) is 0 Å². The summed E-state index contributed by atoms with van der Waals surface area (Å²) >= 11 is 0. The first kappa shape index (κ1) is 26.3. The molecule has 32 heavy (non-hydrogen) atoms. The van der Waals surface area contributed by atoms with Gasteiger partial charge in [0.25, 0.3) is 0 Å². The summed E-state index contributed by atoms with van der Waals surface area (Å²) < 4.78 is 23.1. The van der Waals surface area contributed by atoms with Gasteiger partial charge in [0, 0.05) is 6.42 Å². The molecule has 0 spiro atoms. The Bertz CT molecular complexity index is 685. The summed E-state index contributed by atoms with van der Waals surface area (Å²) in [6.45, 7) is 7.96. The van der Waals surface area contributed by atoms with Gasteiger partial charge in [-0.05, 0) is 31.2 Å². The molecule has 1 aromatic carbocycles. The smallest absolute Gasteiger partial charge is 0.309 e. The van der Waals surface area contributed by atoms with E-state index in [2.05, 4.69) is 0 Å². The predicted octanol–water partition coefficient (Wildman–Crippen LogP) is 4.01. The van der Waals surface area contributed by atoms with Crippen LogP contribution < -0.4 is 0 Å². The summed E-state index contributed by atoms with van der Waals surface area (Å²) in [5, 5.41) is 10.3. The zero-order valence-electron chi connectivity index (χ0n) is 19.7. The molecule has 1 unspecified atom stereocenters. The zero-order valence-corrected chi connectivity index (χ0v) is 19.7. The number of benzene rings is 1. The summed E-state index contributed by atoms with van der Waals surface area (Å²) in [6, 6.07) is 9.63. The van der Waals surface area contributed by atoms with E-state index in [4.69, 9.17) is 18.9 Å². The van der Waals surface area contributed by atoms with Crippen LogP contribution in [0, 0.1) is 11.8 Å². The maximum atomic E-state index is 12.7. The van der Waals surface area contributed by atoms with Crippen LogP contribution in [0.3, 0.4) is 0 Å². The Hall–Kier alpha value is -1.96. The van der Waals surface area contributed by atoms with Crippen LogP contribution in [0.15, 0.2) is 30.3 Å². The highest BCUT2D eigenvalue weighted by Crippen LogP contribution is 2.27. The molecule has 0 bridgehead atoms. The van der Waals surface area contributed by atoms with E-state index >= 15 is 0 Å². The van der Waals surface area contributed by atoms with Gasteiger partial charge in [0.05, 0.1) is 18.4 Å². The third-order valence-corrected chi connectivity index (χ3v) is 6.08. The Balaban J connectivity index is 2.15. The minimum Gasteiger partial charge on any atom is -0.463 e. The number of aliphatic hydroxyl groups is 1. The Kier molecular flexibility index (Phi) is 11.1. The predicted molar refractivity (Wildman–Crippen MR) is 119 cm³/mol. The number of rotatable bonds is 12. The molecule has 4 atom stereocenters. The van der Waals surface area contributed by atoms with Gasteiger partial charge in [-0.3, -0.25) is 9.59 Å². The summed E-state index contributed by atoms with van der Waals surface area (Å²) in [4.78, 5) is 25.0. The van der Waals surface area contributed by atoms with E-state index in [0.717, 1.165) is 5.56 Å². The summed E-state index contributed by atoms with van der Waals surface area (Å²) in [5.74, 6) is -1.01. The van der Waals surface area contributed by atoms with Gasteiger partial charge in [-0.15, -0.1) is 0 Å². The van der Waals surface area contributed by atoms with E-state index in [-0.39, 0.29) is 43.4 Å². The zero-order chi connectivity index (χ0) is 23.5. The molecule has 2 rings (SSSR count). The molecule has 0 radical (unpaired) electrons. The molecular formula is C25H38O7. The van der Waals surface area contributed by atoms with Crippen molar-refractivity contribution in [2.75, 3.05) is 6.61 Å². The van der Waals surface area contributed by atoms with Crippen LogP contribution in [0.4, 0.5) is 0 Å². The fraction of sp³-hybridized carbons (Fsp3) is 0.680. The van der Waals surface area contributed by atoms with Gasteiger partial charge in [0.2, 0.25) is 0 Å². The highest BCUT2D eigenvalue weighted by atomic mass is 16.7. The van der Waals surface area contributed by atoms with Crippen molar-refractivity contribution in [1.82, 2.24) is 0 Å². The molecule has 7 nitrogen and oxygen atoms in total. The number of ether oxygens (including phenoxy) is 4.